The molecule has 0 spiro atoms. The zero-order valence-corrected chi connectivity index (χ0v) is 16.5. The van der Waals surface area contributed by atoms with Crippen LogP contribution in [0.15, 0.2) is 58.7 Å². The molecule has 1 fully saturated rings. The van der Waals surface area contributed by atoms with Crippen molar-refractivity contribution in [1.82, 2.24) is 29.9 Å². The van der Waals surface area contributed by atoms with Crippen LogP contribution in [0, 0.1) is 6.92 Å². The van der Waals surface area contributed by atoms with E-state index in [2.05, 4.69) is 25.8 Å². The minimum atomic E-state index is -0.0123. The van der Waals surface area contributed by atoms with Crippen LogP contribution in [0.5, 0.6) is 0 Å². The van der Waals surface area contributed by atoms with Gasteiger partial charge in [-0.3, -0.25) is 14.3 Å². The van der Waals surface area contributed by atoms with Crippen molar-refractivity contribution in [3.05, 3.63) is 60.0 Å². The molecule has 5 rings (SSSR count). The number of nitrogens with one attached hydrogen (secondary N) is 3. The summed E-state index contributed by atoms with van der Waals surface area (Å²) in [6.07, 6.45) is 5.75. The minimum absolute atomic E-state index is 0.0123. The van der Waals surface area contributed by atoms with E-state index in [0.717, 1.165) is 34.1 Å². The van der Waals surface area contributed by atoms with Gasteiger partial charge in [-0.05, 0) is 44.0 Å². The van der Waals surface area contributed by atoms with E-state index in [9.17, 15) is 4.79 Å². The molecule has 29 heavy (non-hydrogen) atoms. The monoisotopic (exact) mass is 405 g/mol. The summed E-state index contributed by atoms with van der Waals surface area (Å²) in [6, 6.07) is 11.8. The number of nitrogens with zero attached hydrogens (tertiary/aromatic N) is 4. The second-order valence-corrected chi connectivity index (χ2v) is 8.10. The molecule has 1 aliphatic rings. The van der Waals surface area contributed by atoms with Crippen molar-refractivity contribution in [2.45, 2.75) is 35.7 Å². The Morgan fingerprint density at radius 2 is 2.07 bits per heavy atom. The highest BCUT2D eigenvalue weighted by atomic mass is 32.2. The van der Waals surface area contributed by atoms with Crippen LogP contribution in [0.25, 0.3) is 5.65 Å². The molecule has 1 amide bonds. The van der Waals surface area contributed by atoms with E-state index in [1.807, 2.05) is 53.9 Å². The number of fused-ring (bicyclic) bond motifs is 1. The molecule has 4 aromatic rings. The number of H-pyrrole nitrogens is 1. The summed E-state index contributed by atoms with van der Waals surface area (Å²) >= 11 is 1.52. The zero-order valence-electron chi connectivity index (χ0n) is 15.7. The first kappa shape index (κ1) is 17.7. The quantitative estimate of drug-likeness (QED) is 0.424. The number of benzene rings is 1. The maximum absolute atomic E-state index is 12.1. The summed E-state index contributed by atoms with van der Waals surface area (Å²) < 4.78 is 1.87. The van der Waals surface area contributed by atoms with Crippen molar-refractivity contribution in [2.75, 3.05) is 5.32 Å². The molecular weight excluding hydrogens is 386 g/mol. The predicted octanol–water partition coefficient (Wildman–Crippen LogP) is 3.55. The van der Waals surface area contributed by atoms with Crippen molar-refractivity contribution in [3.8, 4) is 0 Å². The van der Waals surface area contributed by atoms with Gasteiger partial charge in [0.1, 0.15) is 10.7 Å². The topological polar surface area (TPSA) is 100 Å². The molecule has 1 saturated carbocycles. The van der Waals surface area contributed by atoms with Gasteiger partial charge >= 0.3 is 0 Å². The fraction of sp³-hybridized carbons (Fsp3) is 0.200. The number of rotatable bonds is 6. The van der Waals surface area contributed by atoms with E-state index in [4.69, 9.17) is 4.98 Å². The molecule has 3 aromatic heterocycles. The number of aromatic amines is 1. The first-order valence-corrected chi connectivity index (χ1v) is 10.2. The number of aryl methyl sites for hydroxylation is 1. The van der Waals surface area contributed by atoms with Gasteiger partial charge in [0, 0.05) is 46.7 Å². The van der Waals surface area contributed by atoms with Gasteiger partial charge in [-0.15, -0.1) is 0 Å². The zero-order chi connectivity index (χ0) is 19.8. The molecule has 0 saturated heterocycles. The maximum atomic E-state index is 12.1. The number of imidazole rings is 1. The van der Waals surface area contributed by atoms with Crippen LogP contribution < -0.4 is 10.6 Å². The number of aromatic nitrogens is 5. The number of hydrogen-bond acceptors (Lipinski definition) is 6. The highest BCUT2D eigenvalue weighted by Crippen LogP contribution is 2.29. The van der Waals surface area contributed by atoms with Gasteiger partial charge in [0.2, 0.25) is 5.95 Å². The van der Waals surface area contributed by atoms with Gasteiger partial charge in [-0.1, -0.05) is 11.8 Å². The molecule has 0 radical (unpaired) electrons. The van der Waals surface area contributed by atoms with Crippen molar-refractivity contribution in [1.29, 1.82) is 0 Å². The molecule has 0 aliphatic heterocycles. The molecule has 8 nitrogen and oxygen atoms in total. The lowest BCUT2D eigenvalue weighted by Crippen LogP contribution is -2.25. The fourth-order valence-electron chi connectivity index (χ4n) is 2.93. The number of amides is 1. The Bertz CT molecular complexity index is 1180. The lowest BCUT2D eigenvalue weighted by atomic mass is 10.2. The van der Waals surface area contributed by atoms with Crippen LogP contribution in [0.1, 0.15) is 28.9 Å². The predicted molar refractivity (Wildman–Crippen MR) is 111 cm³/mol. The molecule has 0 unspecified atom stereocenters. The van der Waals surface area contributed by atoms with E-state index < -0.39 is 0 Å². The molecule has 0 atom stereocenters. The molecule has 146 valence electrons. The van der Waals surface area contributed by atoms with Crippen molar-refractivity contribution >= 4 is 35.1 Å². The van der Waals surface area contributed by atoms with Crippen LogP contribution in [0.2, 0.25) is 0 Å². The smallest absolute Gasteiger partial charge is 0.251 e. The fourth-order valence-corrected chi connectivity index (χ4v) is 3.74. The van der Waals surface area contributed by atoms with Gasteiger partial charge in [0.05, 0.1) is 0 Å². The third-order valence-corrected chi connectivity index (χ3v) is 5.49. The number of anilines is 2. The Balaban J connectivity index is 1.37. The first-order valence-electron chi connectivity index (χ1n) is 9.36. The molecule has 3 heterocycles. The van der Waals surface area contributed by atoms with E-state index >= 15 is 0 Å². The van der Waals surface area contributed by atoms with Gasteiger partial charge in [-0.25, -0.2) is 9.97 Å². The van der Waals surface area contributed by atoms with Crippen LogP contribution in [0.4, 0.5) is 11.8 Å². The highest BCUT2D eigenvalue weighted by Gasteiger charge is 2.23. The number of carbonyl (C=O) groups is 1. The third kappa shape index (κ3) is 3.95. The van der Waals surface area contributed by atoms with Crippen LogP contribution in [0.3, 0.4) is 0 Å². The summed E-state index contributed by atoms with van der Waals surface area (Å²) in [5, 5.41) is 14.2. The molecular formula is C20H19N7OS. The Hall–Kier alpha value is -3.33. The van der Waals surface area contributed by atoms with Gasteiger partial charge in [-0.2, -0.15) is 5.10 Å². The van der Waals surface area contributed by atoms with Crippen LogP contribution in [-0.2, 0) is 0 Å². The van der Waals surface area contributed by atoms with E-state index in [1.54, 1.807) is 6.20 Å². The van der Waals surface area contributed by atoms with Crippen molar-refractivity contribution < 1.29 is 4.79 Å². The summed E-state index contributed by atoms with van der Waals surface area (Å²) in [5.41, 5.74) is 2.43. The van der Waals surface area contributed by atoms with Gasteiger partial charge < -0.3 is 10.6 Å². The van der Waals surface area contributed by atoms with E-state index in [1.165, 1.54) is 11.8 Å². The Morgan fingerprint density at radius 3 is 2.79 bits per heavy atom. The Kier molecular flexibility index (Phi) is 4.44. The van der Waals surface area contributed by atoms with Crippen molar-refractivity contribution in [2.24, 2.45) is 0 Å². The van der Waals surface area contributed by atoms with Crippen molar-refractivity contribution in [3.63, 3.8) is 0 Å². The molecule has 0 bridgehead atoms. The summed E-state index contributed by atoms with van der Waals surface area (Å²) in [5.74, 6) is 1.31. The van der Waals surface area contributed by atoms with E-state index in [-0.39, 0.29) is 5.91 Å². The minimum Gasteiger partial charge on any atom is -0.349 e. The maximum Gasteiger partial charge on any atom is 0.251 e. The second-order valence-electron chi connectivity index (χ2n) is 7.01. The molecule has 3 N–H and O–H groups in total. The van der Waals surface area contributed by atoms with Gasteiger partial charge in [0.15, 0.2) is 5.82 Å². The highest BCUT2D eigenvalue weighted by molar-refractivity contribution is 7.99. The Labute approximate surface area is 171 Å². The Morgan fingerprint density at radius 1 is 1.24 bits per heavy atom. The normalized spacial score (nSPS) is 13.6. The lowest BCUT2D eigenvalue weighted by molar-refractivity contribution is 0.0951. The summed E-state index contributed by atoms with van der Waals surface area (Å²) in [6.45, 7) is 1.94. The molecule has 1 aliphatic carbocycles. The second kappa shape index (κ2) is 7.25. The average molecular weight is 405 g/mol. The van der Waals surface area contributed by atoms with E-state index in [0.29, 0.717) is 23.4 Å². The summed E-state index contributed by atoms with van der Waals surface area (Å²) in [4.78, 5) is 22.2. The standard InChI is InChI=1S/C20H19N7OS/c1-12-10-16(26-25-12)23-20-24-18(11-17-21-8-9-27(17)20)29-15-6-2-13(3-7-15)19(28)22-14-4-5-14/h2-3,6-11,14H,4-5H2,1H3,(H,22,28)(H2,23,24,25,26). The third-order valence-electron chi connectivity index (χ3n) is 4.56. The van der Waals surface area contributed by atoms with Crippen LogP contribution >= 0.6 is 11.8 Å². The summed E-state index contributed by atoms with van der Waals surface area (Å²) in [7, 11) is 0. The average Bonchev–Trinajstić information content (AvgIpc) is 3.22. The number of hydrogen-bond donors (Lipinski definition) is 3. The lowest BCUT2D eigenvalue weighted by Gasteiger charge is -2.09. The first-order chi connectivity index (χ1) is 14.1. The molecule has 1 aromatic carbocycles. The SMILES string of the molecule is Cc1cc(Nc2nc(Sc3ccc(C(=O)NC4CC4)cc3)cc3nccn23)n[nH]1. The number of carbonyl (C=O) groups excluding carboxylic acids is 1. The molecule has 9 heteroatoms. The largest absolute Gasteiger partial charge is 0.349 e. The van der Waals surface area contributed by atoms with Gasteiger partial charge in [0.25, 0.3) is 5.91 Å². The van der Waals surface area contributed by atoms with Crippen LogP contribution in [-0.4, -0.2) is 36.5 Å².